The lowest BCUT2D eigenvalue weighted by molar-refractivity contribution is 0.354. The summed E-state index contributed by atoms with van der Waals surface area (Å²) in [5.74, 6) is 1.57. The molecule has 0 saturated heterocycles. The lowest BCUT2D eigenvalue weighted by atomic mass is 9.91. The van der Waals surface area contributed by atoms with Crippen LogP contribution in [-0.4, -0.2) is 25.3 Å². The van der Waals surface area contributed by atoms with Crippen molar-refractivity contribution in [3.8, 4) is 11.5 Å². The van der Waals surface area contributed by atoms with Crippen molar-refractivity contribution in [3.63, 3.8) is 0 Å². The third-order valence-corrected chi connectivity index (χ3v) is 6.01. The molecule has 0 spiro atoms. The number of fused-ring (bicyclic) bond motifs is 3. The summed E-state index contributed by atoms with van der Waals surface area (Å²) in [4.78, 5) is 0. The van der Waals surface area contributed by atoms with Crippen LogP contribution in [0, 0.1) is 6.92 Å². The van der Waals surface area contributed by atoms with Crippen LogP contribution in [0.5, 0.6) is 11.5 Å². The van der Waals surface area contributed by atoms with Crippen molar-refractivity contribution >= 4 is 10.9 Å². The fourth-order valence-corrected chi connectivity index (χ4v) is 4.61. The van der Waals surface area contributed by atoms with Crippen molar-refractivity contribution in [2.24, 2.45) is 7.05 Å². The van der Waals surface area contributed by atoms with Gasteiger partial charge in [-0.15, -0.1) is 0 Å². The lowest BCUT2D eigenvalue weighted by Gasteiger charge is -2.26. The van der Waals surface area contributed by atoms with Crippen molar-refractivity contribution in [3.05, 3.63) is 58.8 Å². The first-order valence-electron chi connectivity index (χ1n) is 10.1. The molecule has 0 unspecified atom stereocenters. The Labute approximate surface area is 167 Å². The predicted octanol–water partition coefficient (Wildman–Crippen LogP) is 4.71. The average molecular weight is 379 g/mol. The van der Waals surface area contributed by atoms with Gasteiger partial charge in [0.25, 0.3) is 0 Å². The molecular weight excluding hydrogens is 348 g/mol. The first kappa shape index (κ1) is 18.9. The van der Waals surface area contributed by atoms with Crippen LogP contribution in [0.3, 0.4) is 0 Å². The number of hydrogen-bond acceptors (Lipinski definition) is 3. The Bertz CT molecular complexity index is 990. The third kappa shape index (κ3) is 3.37. The SMILES string of the molecule is COc1ccc(CCN[C@H]2CCCc3c2n(C)c2ccc(C)cc32)cc1OC. The molecule has 2 aromatic carbocycles. The minimum Gasteiger partial charge on any atom is -0.493 e. The van der Waals surface area contributed by atoms with E-state index >= 15 is 0 Å². The molecular formula is C24H30N2O2. The summed E-state index contributed by atoms with van der Waals surface area (Å²) >= 11 is 0. The zero-order valence-electron chi connectivity index (χ0n) is 17.3. The van der Waals surface area contributed by atoms with Gasteiger partial charge in [0.05, 0.1) is 14.2 Å². The summed E-state index contributed by atoms with van der Waals surface area (Å²) < 4.78 is 13.2. The Hall–Kier alpha value is -2.46. The Morgan fingerprint density at radius 1 is 1.07 bits per heavy atom. The molecule has 0 amide bonds. The monoisotopic (exact) mass is 378 g/mol. The number of nitrogens with one attached hydrogen (secondary N) is 1. The Balaban J connectivity index is 1.51. The second kappa shape index (κ2) is 7.88. The zero-order chi connectivity index (χ0) is 19.7. The molecule has 0 fully saturated rings. The number of aromatic nitrogens is 1. The molecule has 1 aliphatic carbocycles. The average Bonchev–Trinajstić information content (AvgIpc) is 3.00. The summed E-state index contributed by atoms with van der Waals surface area (Å²) in [6.07, 6.45) is 4.59. The number of methoxy groups -OCH3 is 2. The van der Waals surface area contributed by atoms with Crippen molar-refractivity contribution in [1.29, 1.82) is 0 Å². The van der Waals surface area contributed by atoms with Gasteiger partial charge in [-0.25, -0.2) is 0 Å². The van der Waals surface area contributed by atoms with Crippen LogP contribution in [0.25, 0.3) is 10.9 Å². The smallest absolute Gasteiger partial charge is 0.160 e. The molecule has 0 aliphatic heterocycles. The standard InChI is InChI=1S/C24H30N2O2/c1-16-8-10-21-19(14-16)18-6-5-7-20(24(18)26(21)2)25-13-12-17-9-11-22(27-3)23(15-17)28-4/h8-11,14-15,20,25H,5-7,12-13H2,1-4H3/t20-/m0/s1. The summed E-state index contributed by atoms with van der Waals surface area (Å²) in [5, 5.41) is 5.25. The van der Waals surface area contributed by atoms with Gasteiger partial charge in [-0.05, 0) is 74.5 Å². The van der Waals surface area contributed by atoms with Gasteiger partial charge < -0.3 is 19.4 Å². The minimum atomic E-state index is 0.418. The highest BCUT2D eigenvalue weighted by molar-refractivity contribution is 5.86. The van der Waals surface area contributed by atoms with Gasteiger partial charge in [0.1, 0.15) is 0 Å². The van der Waals surface area contributed by atoms with Gasteiger partial charge in [-0.2, -0.15) is 0 Å². The first-order chi connectivity index (χ1) is 13.6. The molecule has 1 heterocycles. The predicted molar refractivity (Wildman–Crippen MR) is 115 cm³/mol. The van der Waals surface area contributed by atoms with Crippen molar-refractivity contribution < 1.29 is 9.47 Å². The maximum atomic E-state index is 5.43. The topological polar surface area (TPSA) is 35.4 Å². The number of hydrogen-bond donors (Lipinski definition) is 1. The molecule has 1 aromatic heterocycles. The largest absolute Gasteiger partial charge is 0.493 e. The van der Waals surface area contributed by atoms with Crippen LogP contribution in [-0.2, 0) is 19.9 Å². The normalized spacial score (nSPS) is 16.2. The second-order valence-corrected chi connectivity index (χ2v) is 7.78. The van der Waals surface area contributed by atoms with E-state index in [0.717, 1.165) is 24.5 Å². The molecule has 3 aromatic rings. The second-order valence-electron chi connectivity index (χ2n) is 7.78. The highest BCUT2D eigenvalue weighted by Crippen LogP contribution is 2.37. The van der Waals surface area contributed by atoms with E-state index < -0.39 is 0 Å². The quantitative estimate of drug-likeness (QED) is 0.674. The van der Waals surface area contributed by atoms with Gasteiger partial charge in [-0.1, -0.05) is 17.7 Å². The van der Waals surface area contributed by atoms with Crippen LogP contribution >= 0.6 is 0 Å². The van der Waals surface area contributed by atoms with E-state index in [2.05, 4.69) is 54.2 Å². The Kier molecular flexibility index (Phi) is 5.31. The minimum absolute atomic E-state index is 0.418. The van der Waals surface area contributed by atoms with E-state index in [-0.39, 0.29) is 0 Å². The molecule has 4 nitrogen and oxygen atoms in total. The Morgan fingerprint density at radius 2 is 1.89 bits per heavy atom. The molecule has 1 N–H and O–H groups in total. The Morgan fingerprint density at radius 3 is 2.68 bits per heavy atom. The summed E-state index contributed by atoms with van der Waals surface area (Å²) in [6, 6.07) is 13.4. The molecule has 0 bridgehead atoms. The fourth-order valence-electron chi connectivity index (χ4n) is 4.61. The number of benzene rings is 2. The van der Waals surface area contributed by atoms with E-state index in [1.165, 1.54) is 52.5 Å². The molecule has 1 aliphatic rings. The van der Waals surface area contributed by atoms with Gasteiger partial charge in [0.2, 0.25) is 0 Å². The summed E-state index contributed by atoms with van der Waals surface area (Å²) in [5.41, 5.74) is 6.96. The molecule has 0 saturated carbocycles. The number of aryl methyl sites for hydroxylation is 3. The van der Waals surface area contributed by atoms with E-state index in [1.54, 1.807) is 14.2 Å². The zero-order valence-corrected chi connectivity index (χ0v) is 17.3. The highest BCUT2D eigenvalue weighted by atomic mass is 16.5. The van der Waals surface area contributed by atoms with Crippen LogP contribution in [0.15, 0.2) is 36.4 Å². The molecule has 4 rings (SSSR count). The van der Waals surface area contributed by atoms with Crippen LogP contribution in [0.2, 0.25) is 0 Å². The summed E-state index contributed by atoms with van der Waals surface area (Å²) in [6.45, 7) is 3.13. The van der Waals surface area contributed by atoms with Gasteiger partial charge in [0, 0.05) is 29.7 Å². The number of nitrogens with zero attached hydrogens (tertiary/aromatic N) is 1. The van der Waals surface area contributed by atoms with Gasteiger partial charge in [0.15, 0.2) is 11.5 Å². The van der Waals surface area contributed by atoms with Crippen molar-refractivity contribution in [2.45, 2.75) is 38.6 Å². The highest BCUT2D eigenvalue weighted by Gasteiger charge is 2.26. The van der Waals surface area contributed by atoms with Crippen LogP contribution < -0.4 is 14.8 Å². The van der Waals surface area contributed by atoms with Crippen LogP contribution in [0.1, 0.15) is 41.3 Å². The van der Waals surface area contributed by atoms with Crippen LogP contribution in [0.4, 0.5) is 0 Å². The maximum Gasteiger partial charge on any atom is 0.160 e. The van der Waals surface area contributed by atoms with Gasteiger partial charge in [-0.3, -0.25) is 0 Å². The van der Waals surface area contributed by atoms with Gasteiger partial charge >= 0.3 is 0 Å². The van der Waals surface area contributed by atoms with Crippen molar-refractivity contribution in [2.75, 3.05) is 20.8 Å². The van der Waals surface area contributed by atoms with E-state index in [0.29, 0.717) is 6.04 Å². The third-order valence-electron chi connectivity index (χ3n) is 6.01. The lowest BCUT2D eigenvalue weighted by Crippen LogP contribution is -2.28. The molecule has 4 heteroatoms. The molecule has 0 radical (unpaired) electrons. The van der Waals surface area contributed by atoms with E-state index in [4.69, 9.17) is 9.47 Å². The molecule has 148 valence electrons. The van der Waals surface area contributed by atoms with Crippen molar-refractivity contribution in [1.82, 2.24) is 9.88 Å². The molecule has 28 heavy (non-hydrogen) atoms. The fraction of sp³-hybridized carbons (Fsp3) is 0.417. The number of ether oxygens (including phenoxy) is 2. The first-order valence-corrected chi connectivity index (χ1v) is 10.1. The summed E-state index contributed by atoms with van der Waals surface area (Å²) in [7, 11) is 5.57. The van der Waals surface area contributed by atoms with E-state index in [9.17, 15) is 0 Å². The van der Waals surface area contributed by atoms with E-state index in [1.807, 2.05) is 6.07 Å². The maximum absolute atomic E-state index is 5.43. The molecule has 1 atom stereocenters. The number of rotatable bonds is 6.